The molecule has 0 radical (unpaired) electrons. The fourth-order valence-electron chi connectivity index (χ4n) is 7.16. The maximum Gasteiger partial charge on any atom is 0.306 e. The van der Waals surface area contributed by atoms with E-state index in [1.54, 1.807) is 0 Å². The highest BCUT2D eigenvalue weighted by Crippen LogP contribution is 2.16. The lowest BCUT2D eigenvalue weighted by molar-refractivity contribution is -0.167. The average molecular weight is 765 g/mol. The van der Waals surface area contributed by atoms with Crippen molar-refractivity contribution in [3.05, 3.63) is 0 Å². The molecule has 320 valence electrons. The maximum atomic E-state index is 12.7. The Labute approximate surface area is 336 Å². The zero-order valence-electron chi connectivity index (χ0n) is 36.7. The molecule has 1 atom stereocenters. The van der Waals surface area contributed by atoms with E-state index >= 15 is 0 Å². The molecule has 54 heavy (non-hydrogen) atoms. The molecule has 0 aromatic rings. The summed E-state index contributed by atoms with van der Waals surface area (Å²) in [5.41, 5.74) is 0. The van der Waals surface area contributed by atoms with Crippen molar-refractivity contribution < 1.29 is 28.6 Å². The number of rotatable bonds is 43. The fraction of sp³-hybridized carbons (Fsp3) is 0.938. The predicted octanol–water partition coefficient (Wildman–Crippen LogP) is 15.1. The molecule has 0 bridgehead atoms. The molecule has 0 aromatic carbocycles. The fourth-order valence-corrected chi connectivity index (χ4v) is 7.16. The highest BCUT2D eigenvalue weighted by Gasteiger charge is 2.19. The monoisotopic (exact) mass is 765 g/mol. The molecule has 0 amide bonds. The number of esters is 3. The van der Waals surface area contributed by atoms with Crippen molar-refractivity contribution in [1.29, 1.82) is 0 Å². The summed E-state index contributed by atoms with van der Waals surface area (Å²) in [7, 11) is 0. The van der Waals surface area contributed by atoms with Crippen molar-refractivity contribution in [2.75, 3.05) is 13.2 Å². The molecule has 0 unspecified atom stereocenters. The van der Waals surface area contributed by atoms with Crippen LogP contribution in [-0.2, 0) is 28.6 Å². The Morgan fingerprint density at radius 2 is 0.611 bits per heavy atom. The molecule has 0 spiro atoms. The number of hydrogen-bond donors (Lipinski definition) is 0. The van der Waals surface area contributed by atoms with Gasteiger partial charge in [-0.1, -0.05) is 227 Å². The third-order valence-corrected chi connectivity index (χ3v) is 10.8. The van der Waals surface area contributed by atoms with Gasteiger partial charge in [0.2, 0.25) is 0 Å². The summed E-state index contributed by atoms with van der Waals surface area (Å²) in [6.45, 7) is 8.98. The second-order valence-corrected chi connectivity index (χ2v) is 16.9. The van der Waals surface area contributed by atoms with Gasteiger partial charge in [0.05, 0.1) is 0 Å². The Morgan fingerprint density at radius 3 is 0.907 bits per heavy atom. The maximum absolute atomic E-state index is 12.7. The van der Waals surface area contributed by atoms with Gasteiger partial charge in [-0.05, 0) is 25.2 Å². The van der Waals surface area contributed by atoms with Gasteiger partial charge in [0, 0.05) is 19.3 Å². The Balaban J connectivity index is 4.32. The van der Waals surface area contributed by atoms with Gasteiger partial charge < -0.3 is 14.2 Å². The normalized spacial score (nSPS) is 11.9. The van der Waals surface area contributed by atoms with Gasteiger partial charge in [0.25, 0.3) is 0 Å². The summed E-state index contributed by atoms with van der Waals surface area (Å²) in [5, 5.41) is 0. The topological polar surface area (TPSA) is 78.9 Å². The molecular formula is C48H92O6. The first-order chi connectivity index (χ1) is 26.4. The van der Waals surface area contributed by atoms with Crippen LogP contribution in [0.1, 0.15) is 265 Å². The van der Waals surface area contributed by atoms with Crippen molar-refractivity contribution in [1.82, 2.24) is 0 Å². The lowest BCUT2D eigenvalue weighted by Crippen LogP contribution is -2.30. The van der Waals surface area contributed by atoms with E-state index in [4.69, 9.17) is 14.2 Å². The van der Waals surface area contributed by atoms with Crippen LogP contribution in [0.2, 0.25) is 0 Å². The number of unbranched alkanes of at least 4 members (excludes halogenated alkanes) is 30. The van der Waals surface area contributed by atoms with E-state index in [0.29, 0.717) is 19.3 Å². The summed E-state index contributed by atoms with van der Waals surface area (Å²) in [6, 6.07) is 0. The van der Waals surface area contributed by atoms with Crippen molar-refractivity contribution >= 4 is 17.9 Å². The van der Waals surface area contributed by atoms with Crippen LogP contribution >= 0.6 is 0 Å². The summed E-state index contributed by atoms with van der Waals surface area (Å²) >= 11 is 0. The molecule has 0 aliphatic heterocycles. The molecule has 0 heterocycles. The van der Waals surface area contributed by atoms with Crippen molar-refractivity contribution in [3.8, 4) is 0 Å². The van der Waals surface area contributed by atoms with Crippen LogP contribution in [0.4, 0.5) is 0 Å². The van der Waals surface area contributed by atoms with Crippen LogP contribution in [0.15, 0.2) is 0 Å². The van der Waals surface area contributed by atoms with E-state index in [1.165, 1.54) is 161 Å². The van der Waals surface area contributed by atoms with Crippen LogP contribution in [-0.4, -0.2) is 37.2 Å². The van der Waals surface area contributed by atoms with E-state index in [0.717, 1.165) is 63.7 Å². The molecule has 0 aliphatic carbocycles. The first kappa shape index (κ1) is 52.4. The standard InChI is InChI=1S/C48H92O6/c1-5-7-9-11-13-15-17-18-19-20-24-29-33-37-41-48(51)54-45(42-52-46(49)39-35-31-27-23-16-14-12-10-8-6-2)43-53-47(50)40-36-32-28-25-21-22-26-30-34-38-44(3)4/h44-45H,5-43H2,1-4H3/t45-/m0/s1. The first-order valence-electron chi connectivity index (χ1n) is 23.9. The van der Waals surface area contributed by atoms with Gasteiger partial charge >= 0.3 is 17.9 Å². The SMILES string of the molecule is CCCCCCCCCCCCCCCCC(=O)O[C@@H](COC(=O)CCCCCCCCCCCC)COC(=O)CCCCCCCCCCCC(C)C. The Hall–Kier alpha value is -1.59. The molecule has 0 aromatic heterocycles. The van der Waals surface area contributed by atoms with Gasteiger partial charge in [-0.3, -0.25) is 14.4 Å². The van der Waals surface area contributed by atoms with Crippen LogP contribution in [0, 0.1) is 5.92 Å². The molecule has 0 N–H and O–H groups in total. The molecule has 0 saturated heterocycles. The van der Waals surface area contributed by atoms with Gasteiger partial charge in [-0.15, -0.1) is 0 Å². The minimum Gasteiger partial charge on any atom is -0.462 e. The highest BCUT2D eigenvalue weighted by atomic mass is 16.6. The third-order valence-electron chi connectivity index (χ3n) is 10.8. The molecule has 0 aliphatic rings. The van der Waals surface area contributed by atoms with Crippen molar-refractivity contribution in [2.24, 2.45) is 5.92 Å². The quantitative estimate of drug-likeness (QED) is 0.0349. The Kier molecular flexibility index (Phi) is 41.3. The number of carbonyl (C=O) groups is 3. The molecule has 6 nitrogen and oxygen atoms in total. The third kappa shape index (κ3) is 41.6. The number of hydrogen-bond acceptors (Lipinski definition) is 6. The van der Waals surface area contributed by atoms with Gasteiger partial charge in [0.1, 0.15) is 13.2 Å². The Bertz CT molecular complexity index is 811. The zero-order chi connectivity index (χ0) is 39.6. The summed E-state index contributed by atoms with van der Waals surface area (Å²) in [4.78, 5) is 37.7. The lowest BCUT2D eigenvalue weighted by Gasteiger charge is -2.18. The van der Waals surface area contributed by atoms with Crippen LogP contribution in [0.3, 0.4) is 0 Å². The molecule has 0 saturated carbocycles. The minimum absolute atomic E-state index is 0.0637. The number of carbonyl (C=O) groups excluding carboxylic acids is 3. The van der Waals surface area contributed by atoms with Gasteiger partial charge in [-0.2, -0.15) is 0 Å². The summed E-state index contributed by atoms with van der Waals surface area (Å²) in [6.07, 6.45) is 42.3. The van der Waals surface area contributed by atoms with E-state index in [2.05, 4.69) is 27.7 Å². The van der Waals surface area contributed by atoms with E-state index < -0.39 is 6.10 Å². The molecule has 6 heteroatoms. The van der Waals surface area contributed by atoms with Crippen LogP contribution in [0.25, 0.3) is 0 Å². The molecule has 0 rings (SSSR count). The van der Waals surface area contributed by atoms with Crippen molar-refractivity contribution in [3.63, 3.8) is 0 Å². The number of ether oxygens (including phenoxy) is 3. The van der Waals surface area contributed by atoms with Crippen LogP contribution in [0.5, 0.6) is 0 Å². The van der Waals surface area contributed by atoms with E-state index in [9.17, 15) is 14.4 Å². The minimum atomic E-state index is -0.759. The lowest BCUT2D eigenvalue weighted by atomic mass is 10.0. The second-order valence-electron chi connectivity index (χ2n) is 16.9. The second kappa shape index (κ2) is 42.6. The summed E-state index contributed by atoms with van der Waals surface area (Å²) in [5.74, 6) is -0.0437. The van der Waals surface area contributed by atoms with E-state index in [1.807, 2.05) is 0 Å². The molecule has 0 fully saturated rings. The van der Waals surface area contributed by atoms with Crippen molar-refractivity contribution in [2.45, 2.75) is 271 Å². The van der Waals surface area contributed by atoms with Gasteiger partial charge in [0.15, 0.2) is 6.10 Å². The Morgan fingerprint density at radius 1 is 0.352 bits per heavy atom. The highest BCUT2D eigenvalue weighted by molar-refractivity contribution is 5.71. The smallest absolute Gasteiger partial charge is 0.306 e. The summed E-state index contributed by atoms with van der Waals surface area (Å²) < 4.78 is 16.7. The molecular weight excluding hydrogens is 673 g/mol. The first-order valence-corrected chi connectivity index (χ1v) is 23.9. The van der Waals surface area contributed by atoms with Crippen LogP contribution < -0.4 is 0 Å². The van der Waals surface area contributed by atoms with E-state index in [-0.39, 0.29) is 31.1 Å². The van der Waals surface area contributed by atoms with Gasteiger partial charge in [-0.25, -0.2) is 0 Å². The zero-order valence-corrected chi connectivity index (χ0v) is 36.7. The average Bonchev–Trinajstić information content (AvgIpc) is 3.15. The largest absolute Gasteiger partial charge is 0.462 e. The predicted molar refractivity (Wildman–Crippen MR) is 229 cm³/mol.